The third-order valence-corrected chi connectivity index (χ3v) is 2.65. The molecule has 0 saturated carbocycles. The van der Waals surface area contributed by atoms with Crippen LogP contribution in [0.3, 0.4) is 0 Å². The second-order valence-corrected chi connectivity index (χ2v) is 4.06. The number of hydrogen-bond acceptors (Lipinski definition) is 4. The second kappa shape index (κ2) is 7.04. The lowest BCUT2D eigenvalue weighted by atomic mass is 10.2. The molecule has 2 aromatic rings. The Morgan fingerprint density at radius 3 is 2.95 bits per heavy atom. The van der Waals surface area contributed by atoms with E-state index in [1.807, 2.05) is 6.07 Å². The van der Waals surface area contributed by atoms with Crippen LogP contribution in [0.25, 0.3) is 0 Å². The summed E-state index contributed by atoms with van der Waals surface area (Å²) < 4.78 is 18.9. The average molecular weight is 281 g/mol. The summed E-state index contributed by atoms with van der Waals surface area (Å²) in [7, 11) is 0. The average Bonchev–Trinajstić information content (AvgIpc) is 2.52. The summed E-state index contributed by atoms with van der Waals surface area (Å²) in [5.41, 5.74) is 6.78. The summed E-state index contributed by atoms with van der Waals surface area (Å²) in [5, 5.41) is 8.97. The molecule has 0 saturated heterocycles. The number of rotatable bonds is 3. The molecule has 1 aromatic heterocycles. The Kier molecular flexibility index (Phi) is 4.87. The molecule has 2 rings (SSSR count). The zero-order valence-corrected chi connectivity index (χ0v) is 11.1. The molecule has 104 valence electrons. The fourth-order valence-electron chi connectivity index (χ4n) is 1.68. The number of nitrogens with two attached hydrogens (primary N) is 1. The van der Waals surface area contributed by atoms with Crippen LogP contribution in [0.4, 0.5) is 4.39 Å². The molecule has 1 aromatic carbocycles. The molecule has 5 heteroatoms. The summed E-state index contributed by atoms with van der Waals surface area (Å²) in [5.74, 6) is 5.40. The maximum Gasteiger partial charge on any atom is 0.147 e. The molecule has 0 unspecified atom stereocenters. The number of nitrogens with zero attached hydrogens (tertiary/aromatic N) is 2. The van der Waals surface area contributed by atoms with Crippen molar-refractivity contribution >= 4 is 0 Å². The lowest BCUT2D eigenvalue weighted by Crippen LogP contribution is -2.01. The number of halogens is 1. The van der Waals surface area contributed by atoms with Gasteiger partial charge in [0.15, 0.2) is 0 Å². The third kappa shape index (κ3) is 3.79. The lowest BCUT2D eigenvalue weighted by molar-refractivity contribution is 0.303. The van der Waals surface area contributed by atoms with Crippen LogP contribution in [0.2, 0.25) is 0 Å². The Hall–Kier alpha value is -2.89. The molecule has 0 spiro atoms. The SMILES string of the molecule is N#Cc1ncccc1COc1cc(F)ccc1C#CCN. The van der Waals surface area contributed by atoms with Gasteiger partial charge < -0.3 is 10.5 Å². The third-order valence-electron chi connectivity index (χ3n) is 2.65. The number of ether oxygens (including phenoxy) is 1. The first kappa shape index (κ1) is 14.5. The van der Waals surface area contributed by atoms with Crippen molar-refractivity contribution in [1.29, 1.82) is 5.26 Å². The van der Waals surface area contributed by atoms with Gasteiger partial charge in [0.1, 0.15) is 29.9 Å². The number of benzene rings is 1. The highest BCUT2D eigenvalue weighted by Crippen LogP contribution is 2.20. The molecule has 0 aliphatic rings. The van der Waals surface area contributed by atoms with Gasteiger partial charge in [-0.15, -0.1) is 0 Å². The Bertz CT molecular complexity index is 741. The maximum atomic E-state index is 13.3. The highest BCUT2D eigenvalue weighted by Gasteiger charge is 2.07. The molecule has 0 fully saturated rings. The van der Waals surface area contributed by atoms with Gasteiger partial charge in [-0.25, -0.2) is 9.37 Å². The van der Waals surface area contributed by atoms with Crippen LogP contribution >= 0.6 is 0 Å². The van der Waals surface area contributed by atoms with Crippen LogP contribution in [0.1, 0.15) is 16.8 Å². The second-order valence-electron chi connectivity index (χ2n) is 4.06. The Labute approximate surface area is 122 Å². The summed E-state index contributed by atoms with van der Waals surface area (Å²) in [4.78, 5) is 3.94. The first-order chi connectivity index (χ1) is 10.2. The Balaban J connectivity index is 2.23. The van der Waals surface area contributed by atoms with Crippen molar-refractivity contribution in [3.63, 3.8) is 0 Å². The zero-order valence-electron chi connectivity index (χ0n) is 11.1. The number of pyridine rings is 1. The van der Waals surface area contributed by atoms with Crippen LogP contribution in [-0.2, 0) is 6.61 Å². The molecular weight excluding hydrogens is 269 g/mol. The molecule has 1 heterocycles. The van der Waals surface area contributed by atoms with Crippen molar-refractivity contribution in [1.82, 2.24) is 4.98 Å². The fourth-order valence-corrected chi connectivity index (χ4v) is 1.68. The van der Waals surface area contributed by atoms with Gasteiger partial charge in [0, 0.05) is 17.8 Å². The van der Waals surface area contributed by atoms with E-state index in [4.69, 9.17) is 15.7 Å². The predicted octanol–water partition coefficient (Wildman–Crippen LogP) is 1.98. The van der Waals surface area contributed by atoms with E-state index in [0.717, 1.165) is 0 Å². The van der Waals surface area contributed by atoms with Gasteiger partial charge in [-0.05, 0) is 18.2 Å². The zero-order chi connectivity index (χ0) is 15.1. The molecule has 2 N–H and O–H groups in total. The van der Waals surface area contributed by atoms with Crippen molar-refractivity contribution in [3.05, 3.63) is 59.2 Å². The maximum absolute atomic E-state index is 13.3. The molecule has 0 bridgehead atoms. The summed E-state index contributed by atoms with van der Waals surface area (Å²) in [6.45, 7) is 0.315. The van der Waals surface area contributed by atoms with E-state index in [9.17, 15) is 4.39 Å². The summed E-state index contributed by atoms with van der Waals surface area (Å²) in [6, 6.07) is 9.51. The topological polar surface area (TPSA) is 71.9 Å². The van der Waals surface area contributed by atoms with E-state index in [2.05, 4.69) is 16.8 Å². The molecule has 0 atom stereocenters. The molecule has 4 nitrogen and oxygen atoms in total. The minimum absolute atomic E-state index is 0.109. The smallest absolute Gasteiger partial charge is 0.147 e. The Morgan fingerprint density at radius 2 is 2.19 bits per heavy atom. The van der Waals surface area contributed by atoms with E-state index in [0.29, 0.717) is 16.9 Å². The van der Waals surface area contributed by atoms with Gasteiger partial charge in [0.25, 0.3) is 0 Å². The van der Waals surface area contributed by atoms with Crippen LogP contribution in [0, 0.1) is 29.0 Å². The summed E-state index contributed by atoms with van der Waals surface area (Å²) >= 11 is 0. The standard InChI is InChI=1S/C16H12FN3O/c17-14-6-5-12(3-1-7-18)16(9-14)21-11-13-4-2-8-20-15(13)10-19/h2,4-6,8-9H,7,11,18H2. The summed E-state index contributed by atoms with van der Waals surface area (Å²) in [6.07, 6.45) is 1.53. The first-order valence-corrected chi connectivity index (χ1v) is 6.20. The largest absolute Gasteiger partial charge is 0.487 e. The van der Waals surface area contributed by atoms with E-state index >= 15 is 0 Å². The van der Waals surface area contributed by atoms with Gasteiger partial charge in [-0.3, -0.25) is 0 Å². The predicted molar refractivity (Wildman–Crippen MR) is 75.6 cm³/mol. The first-order valence-electron chi connectivity index (χ1n) is 6.20. The molecular formula is C16H12FN3O. The highest BCUT2D eigenvalue weighted by molar-refractivity contribution is 5.46. The van der Waals surface area contributed by atoms with Gasteiger partial charge in [-0.1, -0.05) is 17.9 Å². The minimum atomic E-state index is -0.421. The van der Waals surface area contributed by atoms with E-state index in [1.165, 1.54) is 24.4 Å². The van der Waals surface area contributed by atoms with Crippen molar-refractivity contribution in [2.75, 3.05) is 6.54 Å². The van der Waals surface area contributed by atoms with Gasteiger partial charge >= 0.3 is 0 Å². The van der Waals surface area contributed by atoms with Gasteiger partial charge in [0.05, 0.1) is 12.1 Å². The van der Waals surface area contributed by atoms with Crippen molar-refractivity contribution in [3.8, 4) is 23.7 Å². The molecule has 0 aliphatic carbocycles. The van der Waals surface area contributed by atoms with E-state index < -0.39 is 5.82 Å². The molecule has 0 aliphatic heterocycles. The van der Waals surface area contributed by atoms with E-state index in [1.54, 1.807) is 12.1 Å². The van der Waals surface area contributed by atoms with Crippen LogP contribution in [0.5, 0.6) is 5.75 Å². The van der Waals surface area contributed by atoms with Crippen molar-refractivity contribution in [2.45, 2.75) is 6.61 Å². The number of aromatic nitrogens is 1. The molecule has 0 amide bonds. The number of nitriles is 1. The monoisotopic (exact) mass is 281 g/mol. The van der Waals surface area contributed by atoms with Crippen molar-refractivity contribution < 1.29 is 9.13 Å². The van der Waals surface area contributed by atoms with Crippen LogP contribution < -0.4 is 10.5 Å². The fraction of sp³-hybridized carbons (Fsp3) is 0.125. The van der Waals surface area contributed by atoms with Crippen molar-refractivity contribution in [2.24, 2.45) is 5.73 Å². The van der Waals surface area contributed by atoms with Gasteiger partial charge in [0.2, 0.25) is 0 Å². The van der Waals surface area contributed by atoms with Crippen LogP contribution in [0.15, 0.2) is 36.5 Å². The Morgan fingerprint density at radius 1 is 1.33 bits per heavy atom. The highest BCUT2D eigenvalue weighted by atomic mass is 19.1. The van der Waals surface area contributed by atoms with Crippen LogP contribution in [-0.4, -0.2) is 11.5 Å². The quantitative estimate of drug-likeness (QED) is 0.873. The normalized spacial score (nSPS) is 9.38. The molecule has 0 radical (unpaired) electrons. The van der Waals surface area contributed by atoms with E-state index in [-0.39, 0.29) is 18.8 Å². The molecule has 21 heavy (non-hydrogen) atoms. The number of hydrogen-bond donors (Lipinski definition) is 1. The minimum Gasteiger partial charge on any atom is -0.487 e. The van der Waals surface area contributed by atoms with Gasteiger partial charge in [-0.2, -0.15) is 5.26 Å². The lowest BCUT2D eigenvalue weighted by Gasteiger charge is -2.09.